The van der Waals surface area contributed by atoms with Crippen LogP contribution in [-0.2, 0) is 14.4 Å². The average Bonchev–Trinajstić information content (AvgIpc) is 2.68. The van der Waals surface area contributed by atoms with E-state index in [1.807, 2.05) is 0 Å². The van der Waals surface area contributed by atoms with Crippen LogP contribution in [0.15, 0.2) is 4.99 Å². The van der Waals surface area contributed by atoms with Gasteiger partial charge < -0.3 is 26.8 Å². The lowest BCUT2D eigenvalue weighted by atomic mass is 9.82. The van der Waals surface area contributed by atoms with Crippen LogP contribution in [0.4, 0.5) is 4.79 Å². The third kappa shape index (κ3) is 3.22. The van der Waals surface area contributed by atoms with E-state index in [9.17, 15) is 9.59 Å². The van der Waals surface area contributed by atoms with Gasteiger partial charge in [0.1, 0.15) is 0 Å². The van der Waals surface area contributed by atoms with Crippen molar-refractivity contribution in [1.82, 2.24) is 10.4 Å². The summed E-state index contributed by atoms with van der Waals surface area (Å²) >= 11 is 0. The first-order chi connectivity index (χ1) is 10.2. The van der Waals surface area contributed by atoms with Gasteiger partial charge in [0, 0.05) is 13.6 Å². The molecule has 10 heteroatoms. The summed E-state index contributed by atoms with van der Waals surface area (Å²) in [5.41, 5.74) is 16.5. The molecule has 1 amide bonds. The van der Waals surface area contributed by atoms with E-state index in [1.54, 1.807) is 13.8 Å². The van der Waals surface area contributed by atoms with Crippen LogP contribution in [0.5, 0.6) is 0 Å². The van der Waals surface area contributed by atoms with E-state index in [-0.39, 0.29) is 19.0 Å². The summed E-state index contributed by atoms with van der Waals surface area (Å²) in [6, 6.07) is 0. The van der Waals surface area contributed by atoms with Crippen LogP contribution >= 0.6 is 0 Å². The number of amides is 1. The molecule has 0 aromatic heterocycles. The highest BCUT2D eigenvalue weighted by Crippen LogP contribution is 2.33. The summed E-state index contributed by atoms with van der Waals surface area (Å²) in [6.07, 6.45) is 0.0441. The fourth-order valence-corrected chi connectivity index (χ4v) is 2.21. The molecular formula is C12H24N6O4. The van der Waals surface area contributed by atoms with E-state index in [1.165, 1.54) is 11.9 Å². The largest absolute Gasteiger partial charge is 0.450 e. The third-order valence-corrected chi connectivity index (χ3v) is 3.81. The van der Waals surface area contributed by atoms with E-state index < -0.39 is 23.3 Å². The van der Waals surface area contributed by atoms with Gasteiger partial charge in [0.2, 0.25) is 0 Å². The van der Waals surface area contributed by atoms with Gasteiger partial charge in [-0.3, -0.25) is 9.89 Å². The number of guanidine groups is 1. The number of nitrogens with zero attached hydrogens (tertiary/aromatic N) is 2. The molecule has 2 unspecified atom stereocenters. The zero-order valence-corrected chi connectivity index (χ0v) is 13.1. The van der Waals surface area contributed by atoms with Crippen molar-refractivity contribution < 1.29 is 19.2 Å². The Morgan fingerprint density at radius 1 is 1.50 bits per heavy atom. The number of likely N-dealkylation sites (N-methyl/N-ethyl adjacent to an activating group) is 1. The van der Waals surface area contributed by atoms with Gasteiger partial charge in [-0.1, -0.05) is 0 Å². The summed E-state index contributed by atoms with van der Waals surface area (Å²) in [4.78, 5) is 33.9. The quantitative estimate of drug-likeness (QED) is 0.264. The first kappa shape index (κ1) is 18.0. The molecule has 0 aromatic rings. The lowest BCUT2D eigenvalue weighted by Crippen LogP contribution is -2.71. The first-order valence-electron chi connectivity index (χ1n) is 6.92. The second-order valence-corrected chi connectivity index (χ2v) is 5.20. The van der Waals surface area contributed by atoms with Gasteiger partial charge in [-0.15, -0.1) is 5.48 Å². The highest BCUT2D eigenvalue weighted by Gasteiger charge is 2.61. The van der Waals surface area contributed by atoms with Gasteiger partial charge in [-0.2, -0.15) is 0 Å². The van der Waals surface area contributed by atoms with E-state index in [4.69, 9.17) is 26.8 Å². The first-order valence-corrected chi connectivity index (χ1v) is 6.92. The van der Waals surface area contributed by atoms with E-state index in [0.717, 1.165) is 0 Å². The van der Waals surface area contributed by atoms with Crippen LogP contribution in [0, 0.1) is 0 Å². The Bertz CT molecular complexity index is 467. The van der Waals surface area contributed by atoms with Gasteiger partial charge in [-0.25, -0.2) is 9.59 Å². The molecule has 1 heterocycles. The second kappa shape index (κ2) is 6.79. The highest BCUT2D eigenvalue weighted by molar-refractivity contribution is 5.85. The Morgan fingerprint density at radius 3 is 2.68 bits per heavy atom. The third-order valence-electron chi connectivity index (χ3n) is 3.81. The van der Waals surface area contributed by atoms with Crippen LogP contribution in [0.2, 0.25) is 0 Å². The number of ether oxygens (including phenoxy) is 1. The zero-order valence-electron chi connectivity index (χ0n) is 13.1. The molecule has 10 nitrogen and oxygen atoms in total. The molecule has 7 N–H and O–H groups in total. The molecule has 0 saturated carbocycles. The molecule has 2 atom stereocenters. The van der Waals surface area contributed by atoms with E-state index in [2.05, 4.69) is 10.5 Å². The Hall–Kier alpha value is -2.07. The number of carbonyl (C=O) groups excluding carboxylic acids is 2. The molecule has 1 rings (SSSR count). The van der Waals surface area contributed by atoms with Crippen molar-refractivity contribution in [2.24, 2.45) is 22.2 Å². The summed E-state index contributed by atoms with van der Waals surface area (Å²) in [5, 5.41) is 0. The molecule has 1 fully saturated rings. The van der Waals surface area contributed by atoms with Gasteiger partial charge in [0.15, 0.2) is 17.2 Å². The molecule has 22 heavy (non-hydrogen) atoms. The lowest BCUT2D eigenvalue weighted by molar-refractivity contribution is -0.146. The fourth-order valence-electron chi connectivity index (χ4n) is 2.21. The van der Waals surface area contributed by atoms with Crippen LogP contribution in [0.3, 0.4) is 0 Å². The summed E-state index contributed by atoms with van der Waals surface area (Å²) in [5.74, 6) is -0.694. The number of hydroxylamine groups is 1. The lowest BCUT2D eigenvalue weighted by Gasteiger charge is -2.41. The van der Waals surface area contributed by atoms with Gasteiger partial charge in [0.05, 0.1) is 6.61 Å². The molecule has 1 aliphatic heterocycles. The van der Waals surface area contributed by atoms with Crippen LogP contribution < -0.4 is 22.7 Å². The predicted octanol–water partition coefficient (Wildman–Crippen LogP) is -1.40. The molecule has 0 spiro atoms. The predicted molar refractivity (Wildman–Crippen MR) is 79.2 cm³/mol. The smallest absolute Gasteiger partial charge is 0.411 e. The normalized spacial score (nSPS) is 27.2. The molecule has 0 radical (unpaired) electrons. The minimum absolute atomic E-state index is 0.0374. The number of aliphatic imine (C=N–C) groups is 1. The number of carbonyl (C=O) groups is 2. The average molecular weight is 316 g/mol. The standard InChI is InChI=1S/C12H24N6O4/c1-4-21-10(20)18(3)11(2)12(15,8(19)22-17-11)6-5-7-16-9(13)14/h17H,4-7,15H2,1-3H3,(H4,13,14,16). The Labute approximate surface area is 128 Å². The van der Waals surface area contributed by atoms with Crippen molar-refractivity contribution in [3.8, 4) is 0 Å². The Morgan fingerprint density at radius 2 is 2.14 bits per heavy atom. The maximum Gasteiger partial charge on any atom is 0.411 e. The number of hydrogen-bond acceptors (Lipinski definition) is 7. The topological polar surface area (TPSA) is 158 Å². The van der Waals surface area contributed by atoms with Crippen molar-refractivity contribution in [2.45, 2.75) is 37.9 Å². The van der Waals surface area contributed by atoms with Crippen LogP contribution in [0.1, 0.15) is 26.7 Å². The molecule has 0 aliphatic carbocycles. The number of nitrogens with two attached hydrogens (primary N) is 3. The maximum absolute atomic E-state index is 12.1. The van der Waals surface area contributed by atoms with Crippen LogP contribution in [0.25, 0.3) is 0 Å². The summed E-state index contributed by atoms with van der Waals surface area (Å²) in [6.45, 7) is 3.79. The Kier molecular flexibility index (Phi) is 5.55. The van der Waals surface area contributed by atoms with Crippen molar-refractivity contribution in [3.63, 3.8) is 0 Å². The molecule has 0 aromatic carbocycles. The number of hydrogen-bond donors (Lipinski definition) is 4. The SMILES string of the molecule is CCOC(=O)N(C)C1(C)NOC(=O)C1(N)CCCN=C(N)N. The monoisotopic (exact) mass is 316 g/mol. The molecule has 1 aliphatic rings. The van der Waals surface area contributed by atoms with Crippen molar-refractivity contribution in [3.05, 3.63) is 0 Å². The summed E-state index contributed by atoms with van der Waals surface area (Å²) in [7, 11) is 1.48. The summed E-state index contributed by atoms with van der Waals surface area (Å²) < 4.78 is 4.94. The zero-order chi connectivity index (χ0) is 17.0. The van der Waals surface area contributed by atoms with Crippen molar-refractivity contribution >= 4 is 18.0 Å². The number of nitrogens with one attached hydrogen (secondary N) is 1. The number of rotatable bonds is 6. The minimum atomic E-state index is -1.45. The molecule has 126 valence electrons. The van der Waals surface area contributed by atoms with Crippen molar-refractivity contribution in [2.75, 3.05) is 20.2 Å². The van der Waals surface area contributed by atoms with Gasteiger partial charge >= 0.3 is 12.1 Å². The molecule has 1 saturated heterocycles. The fraction of sp³-hybridized carbons (Fsp3) is 0.750. The van der Waals surface area contributed by atoms with E-state index >= 15 is 0 Å². The maximum atomic E-state index is 12.1. The van der Waals surface area contributed by atoms with E-state index in [0.29, 0.717) is 13.0 Å². The molecule has 0 bridgehead atoms. The van der Waals surface area contributed by atoms with Crippen molar-refractivity contribution in [1.29, 1.82) is 0 Å². The Balaban J connectivity index is 2.89. The molecular weight excluding hydrogens is 292 g/mol. The second-order valence-electron chi connectivity index (χ2n) is 5.20. The minimum Gasteiger partial charge on any atom is -0.450 e. The van der Waals surface area contributed by atoms with Crippen LogP contribution in [-0.4, -0.2) is 54.3 Å². The van der Waals surface area contributed by atoms with Gasteiger partial charge in [0.25, 0.3) is 0 Å². The van der Waals surface area contributed by atoms with Gasteiger partial charge in [-0.05, 0) is 26.7 Å². The highest BCUT2D eigenvalue weighted by atomic mass is 16.7.